The van der Waals surface area contributed by atoms with Crippen molar-refractivity contribution in [1.29, 1.82) is 0 Å². The molecule has 10 heteroatoms. The molecule has 6 atom stereocenters. The summed E-state index contributed by atoms with van der Waals surface area (Å²) in [6, 6.07) is 0. The normalized spacial score (nSPS) is 32.2. The number of esters is 2. The second kappa shape index (κ2) is 13.3. The Hall–Kier alpha value is -2.75. The summed E-state index contributed by atoms with van der Waals surface area (Å²) in [5.74, 6) is -2.21. The average molecular weight is 593 g/mol. The van der Waals surface area contributed by atoms with Crippen molar-refractivity contribution < 1.29 is 38.6 Å². The van der Waals surface area contributed by atoms with Crippen LogP contribution >= 0.6 is 0 Å². The Balaban J connectivity index is 0.000000307. The van der Waals surface area contributed by atoms with E-state index in [1.165, 1.54) is 31.1 Å². The fourth-order valence-electron chi connectivity index (χ4n) is 7.88. The molecule has 3 aliphatic rings. The quantitative estimate of drug-likeness (QED) is 0.186. The molecule has 0 radical (unpaired) electrons. The van der Waals surface area contributed by atoms with Crippen molar-refractivity contribution in [2.24, 2.45) is 28.6 Å². The molecule has 0 aromatic rings. The number of hydrogen-bond donors (Lipinski definition) is 1. The number of hydrogen-bond acceptors (Lipinski definition) is 8. The lowest BCUT2D eigenvalue weighted by Crippen LogP contribution is -2.67. The van der Waals surface area contributed by atoms with Crippen molar-refractivity contribution in [3.05, 3.63) is 12.2 Å². The Bertz CT molecular complexity index is 1070. The fourth-order valence-corrected chi connectivity index (χ4v) is 7.88. The Labute approximate surface area is 251 Å². The Morgan fingerprint density at radius 1 is 0.952 bits per heavy atom. The SMILES string of the molecule is CCC[C@H]1C(=O)N(C)[C@@](C=O)(C(=O)OC)C1(C)C.CCC[C@H]1C(=O)N(C)[C@](C(=O)OC)([C@H](O)[C@@H]2C=CCCC2)C1(C)C. The third kappa shape index (κ3) is 5.07. The maximum atomic E-state index is 12.9. The van der Waals surface area contributed by atoms with Gasteiger partial charge in [-0.2, -0.15) is 0 Å². The zero-order valence-corrected chi connectivity index (χ0v) is 27.2. The first kappa shape index (κ1) is 35.4. The summed E-state index contributed by atoms with van der Waals surface area (Å²) in [4.78, 5) is 64.4. The average Bonchev–Trinajstić information content (AvgIpc) is 3.22. The van der Waals surface area contributed by atoms with Crippen LogP contribution in [0, 0.1) is 28.6 Å². The van der Waals surface area contributed by atoms with E-state index >= 15 is 0 Å². The van der Waals surface area contributed by atoms with Crippen LogP contribution in [0.25, 0.3) is 0 Å². The van der Waals surface area contributed by atoms with E-state index in [0.717, 1.165) is 32.1 Å². The second-order valence-corrected chi connectivity index (χ2v) is 13.0. The number of carbonyl (C=O) groups excluding carboxylic acids is 5. The number of methoxy groups -OCH3 is 2. The summed E-state index contributed by atoms with van der Waals surface area (Å²) in [6.45, 7) is 11.4. The van der Waals surface area contributed by atoms with Gasteiger partial charge in [-0.15, -0.1) is 0 Å². The van der Waals surface area contributed by atoms with E-state index in [4.69, 9.17) is 9.47 Å². The van der Waals surface area contributed by atoms with Crippen molar-refractivity contribution in [2.75, 3.05) is 28.3 Å². The van der Waals surface area contributed by atoms with Crippen molar-refractivity contribution in [1.82, 2.24) is 9.80 Å². The Kier molecular flexibility index (Phi) is 11.2. The highest BCUT2D eigenvalue weighted by Gasteiger charge is 2.71. The predicted octanol–water partition coefficient (Wildman–Crippen LogP) is 3.54. The van der Waals surface area contributed by atoms with Gasteiger partial charge >= 0.3 is 11.9 Å². The fraction of sp³-hybridized carbons (Fsp3) is 0.781. The zero-order chi connectivity index (χ0) is 32.3. The molecule has 2 fully saturated rings. The molecule has 1 N–H and O–H groups in total. The van der Waals surface area contributed by atoms with Crippen LogP contribution in [0.4, 0.5) is 0 Å². The van der Waals surface area contributed by atoms with Crippen molar-refractivity contribution >= 4 is 30.0 Å². The maximum absolute atomic E-state index is 12.9. The third-order valence-corrected chi connectivity index (χ3v) is 10.5. The molecule has 2 saturated heterocycles. The Morgan fingerprint density at radius 3 is 1.88 bits per heavy atom. The van der Waals surface area contributed by atoms with Crippen LogP contribution in [-0.4, -0.2) is 90.4 Å². The highest BCUT2D eigenvalue weighted by Crippen LogP contribution is 2.55. The van der Waals surface area contributed by atoms with Gasteiger partial charge in [-0.3, -0.25) is 9.59 Å². The van der Waals surface area contributed by atoms with Crippen LogP contribution in [-0.2, 0) is 33.4 Å². The molecular formula is C32H52N2O8. The van der Waals surface area contributed by atoms with Gasteiger partial charge in [0, 0.05) is 42.7 Å². The van der Waals surface area contributed by atoms with Crippen LogP contribution in [0.2, 0.25) is 0 Å². The summed E-state index contributed by atoms with van der Waals surface area (Å²) in [5, 5.41) is 11.3. The topological polar surface area (TPSA) is 131 Å². The number of likely N-dealkylation sites (tertiary alicyclic amines) is 2. The Morgan fingerprint density at radius 2 is 1.45 bits per heavy atom. The molecule has 0 saturated carbocycles. The lowest BCUT2D eigenvalue weighted by Gasteiger charge is -2.48. The number of amides is 2. The molecular weight excluding hydrogens is 540 g/mol. The highest BCUT2D eigenvalue weighted by atomic mass is 16.5. The number of aldehydes is 1. The second-order valence-electron chi connectivity index (χ2n) is 13.0. The molecule has 42 heavy (non-hydrogen) atoms. The molecule has 2 aliphatic heterocycles. The molecule has 0 unspecified atom stereocenters. The van der Waals surface area contributed by atoms with Gasteiger partial charge in [0.25, 0.3) is 0 Å². The monoisotopic (exact) mass is 592 g/mol. The number of aliphatic hydroxyl groups is 1. The largest absolute Gasteiger partial charge is 0.467 e. The van der Waals surface area contributed by atoms with E-state index < -0.39 is 40.0 Å². The molecule has 3 rings (SSSR count). The molecule has 10 nitrogen and oxygen atoms in total. The van der Waals surface area contributed by atoms with Gasteiger partial charge < -0.3 is 29.2 Å². The van der Waals surface area contributed by atoms with Gasteiger partial charge in [-0.25, -0.2) is 9.59 Å². The van der Waals surface area contributed by atoms with E-state index in [-0.39, 0.29) is 29.6 Å². The standard InChI is InChI=1S/C19H31NO4.C13H21NO4/c1-6-10-14-16(22)20(4)19(17(23)24-5,18(14,2)3)15(21)13-11-8-7-9-12-13;1-6-7-9-10(16)14(4)13(8-15,11(17)18-5)12(9,2)3/h8,11,13-15,21H,6-7,9-10,12H2,1-5H3;8-9H,6-7H2,1-5H3/t13-,14+,15-,19+;9-,13-/m10/s1. The van der Waals surface area contributed by atoms with E-state index in [1.54, 1.807) is 20.9 Å². The van der Waals surface area contributed by atoms with Crippen LogP contribution in [0.1, 0.15) is 86.5 Å². The van der Waals surface area contributed by atoms with E-state index in [2.05, 4.69) is 6.08 Å². The summed E-state index contributed by atoms with van der Waals surface area (Å²) >= 11 is 0. The number of aliphatic hydroxyl groups excluding tert-OH is 1. The molecule has 238 valence electrons. The van der Waals surface area contributed by atoms with Crippen LogP contribution in [0.5, 0.6) is 0 Å². The molecule has 2 amide bonds. The first-order valence-electron chi connectivity index (χ1n) is 15.1. The summed E-state index contributed by atoms with van der Waals surface area (Å²) in [6.07, 6.45) is 9.41. The van der Waals surface area contributed by atoms with E-state index in [9.17, 15) is 29.1 Å². The lowest BCUT2D eigenvalue weighted by atomic mass is 9.61. The number of likely N-dealkylation sites (N-methyl/N-ethyl adjacent to an activating group) is 2. The summed E-state index contributed by atoms with van der Waals surface area (Å²) in [5.41, 5.74) is -4.36. The number of allylic oxidation sites excluding steroid dienone is 1. The van der Waals surface area contributed by atoms with Crippen LogP contribution in [0.15, 0.2) is 12.2 Å². The molecule has 2 heterocycles. The van der Waals surface area contributed by atoms with Crippen molar-refractivity contribution in [3.8, 4) is 0 Å². The van der Waals surface area contributed by atoms with Gasteiger partial charge in [0.1, 0.15) is 0 Å². The van der Waals surface area contributed by atoms with Crippen molar-refractivity contribution in [2.45, 2.75) is 104 Å². The molecule has 0 aromatic heterocycles. The zero-order valence-electron chi connectivity index (χ0n) is 27.2. The minimum Gasteiger partial charge on any atom is -0.467 e. The lowest BCUT2D eigenvalue weighted by molar-refractivity contribution is -0.175. The van der Waals surface area contributed by atoms with Crippen LogP contribution < -0.4 is 0 Å². The minimum absolute atomic E-state index is 0.0777. The first-order valence-corrected chi connectivity index (χ1v) is 15.1. The van der Waals surface area contributed by atoms with Gasteiger partial charge in [0.15, 0.2) is 11.8 Å². The smallest absolute Gasteiger partial charge is 0.339 e. The van der Waals surface area contributed by atoms with Crippen LogP contribution in [0.3, 0.4) is 0 Å². The van der Waals surface area contributed by atoms with Crippen molar-refractivity contribution in [3.63, 3.8) is 0 Å². The minimum atomic E-state index is -1.52. The number of rotatable bonds is 9. The number of ether oxygens (including phenoxy) is 2. The van der Waals surface area contributed by atoms with Gasteiger partial charge in [0.05, 0.1) is 20.3 Å². The molecule has 1 aliphatic carbocycles. The summed E-state index contributed by atoms with van der Waals surface area (Å²) < 4.78 is 9.86. The predicted molar refractivity (Wildman–Crippen MR) is 158 cm³/mol. The molecule has 0 bridgehead atoms. The first-order chi connectivity index (χ1) is 19.6. The maximum Gasteiger partial charge on any atom is 0.339 e. The van der Waals surface area contributed by atoms with Gasteiger partial charge in [-0.1, -0.05) is 66.5 Å². The highest BCUT2D eigenvalue weighted by molar-refractivity contribution is 6.06. The third-order valence-electron chi connectivity index (χ3n) is 10.5. The number of nitrogens with zero attached hydrogens (tertiary/aromatic N) is 2. The van der Waals surface area contributed by atoms with E-state index in [0.29, 0.717) is 19.1 Å². The van der Waals surface area contributed by atoms with Gasteiger partial charge in [0.2, 0.25) is 17.4 Å². The summed E-state index contributed by atoms with van der Waals surface area (Å²) in [7, 11) is 5.68. The molecule has 0 spiro atoms. The van der Waals surface area contributed by atoms with Gasteiger partial charge in [-0.05, 0) is 32.1 Å². The number of carbonyl (C=O) groups is 5. The van der Waals surface area contributed by atoms with E-state index in [1.807, 2.05) is 33.8 Å². The molecule has 0 aromatic carbocycles.